The maximum absolute atomic E-state index is 6.19. The highest BCUT2D eigenvalue weighted by Crippen LogP contribution is 2.30. The second-order valence-electron chi connectivity index (χ2n) is 3.02. The Morgan fingerprint density at radius 1 is 1.27 bits per heavy atom. The lowest BCUT2D eigenvalue weighted by Gasteiger charge is -1.91. The highest BCUT2D eigenvalue weighted by atomic mass is 35.5. The van der Waals surface area contributed by atoms with E-state index in [-0.39, 0.29) is 0 Å². The number of nitrogens with zero attached hydrogens (tertiary/aromatic N) is 3. The van der Waals surface area contributed by atoms with Crippen LogP contribution in [0, 0.1) is 0 Å². The van der Waals surface area contributed by atoms with Crippen molar-refractivity contribution in [2.75, 3.05) is 0 Å². The lowest BCUT2D eigenvalue weighted by molar-refractivity contribution is 0.937. The summed E-state index contributed by atoms with van der Waals surface area (Å²) in [5.41, 5.74) is 1.57. The van der Waals surface area contributed by atoms with Gasteiger partial charge < -0.3 is 0 Å². The zero-order valence-electron chi connectivity index (χ0n) is 7.59. The van der Waals surface area contributed by atoms with Crippen LogP contribution in [-0.4, -0.2) is 14.6 Å². The molecule has 0 aliphatic carbocycles. The van der Waals surface area contributed by atoms with Crippen molar-refractivity contribution in [1.29, 1.82) is 0 Å². The quantitative estimate of drug-likeness (QED) is 0.649. The molecule has 15 heavy (non-hydrogen) atoms. The summed E-state index contributed by atoms with van der Waals surface area (Å²) in [6.07, 6.45) is 1.69. The van der Waals surface area contributed by atoms with Gasteiger partial charge in [0.1, 0.15) is 5.69 Å². The Kier molecular flexibility index (Phi) is 1.97. The molecule has 3 aromatic heterocycles. The van der Waals surface area contributed by atoms with Crippen molar-refractivity contribution >= 4 is 28.6 Å². The van der Waals surface area contributed by atoms with Gasteiger partial charge in [0.25, 0.3) is 0 Å². The van der Waals surface area contributed by atoms with Gasteiger partial charge in [0.2, 0.25) is 0 Å². The molecule has 0 unspecified atom stereocenters. The Morgan fingerprint density at radius 3 is 2.93 bits per heavy atom. The number of fused-ring (bicyclic) bond motifs is 1. The molecule has 5 heteroatoms. The number of imidazole rings is 1. The Balaban J connectivity index is 2.33. The molecule has 0 N–H and O–H groups in total. The number of halogens is 1. The van der Waals surface area contributed by atoms with E-state index in [9.17, 15) is 0 Å². The van der Waals surface area contributed by atoms with Crippen molar-refractivity contribution in [3.8, 4) is 10.6 Å². The average Bonchev–Trinajstić information content (AvgIpc) is 2.87. The highest BCUT2D eigenvalue weighted by Gasteiger charge is 2.12. The summed E-state index contributed by atoms with van der Waals surface area (Å²) in [5, 5.41) is 6.70. The minimum absolute atomic E-state index is 0.563. The van der Waals surface area contributed by atoms with E-state index in [0.29, 0.717) is 5.15 Å². The van der Waals surface area contributed by atoms with Crippen LogP contribution < -0.4 is 0 Å². The second-order valence-corrected chi connectivity index (χ2v) is 4.33. The van der Waals surface area contributed by atoms with Gasteiger partial charge in [-0.15, -0.1) is 11.3 Å². The molecule has 0 aliphatic heterocycles. The molecule has 0 saturated carbocycles. The van der Waals surface area contributed by atoms with E-state index in [2.05, 4.69) is 10.1 Å². The molecule has 74 valence electrons. The van der Waals surface area contributed by atoms with E-state index in [0.717, 1.165) is 16.2 Å². The lowest BCUT2D eigenvalue weighted by Crippen LogP contribution is -1.88. The number of thiophene rings is 1. The molecule has 3 nitrogen and oxygen atoms in total. The second kappa shape index (κ2) is 3.32. The third-order valence-electron chi connectivity index (χ3n) is 2.09. The lowest BCUT2D eigenvalue weighted by atomic mass is 10.4. The molecule has 0 fully saturated rings. The summed E-state index contributed by atoms with van der Waals surface area (Å²) in [6, 6.07) is 7.71. The Labute approximate surface area is 95.0 Å². The van der Waals surface area contributed by atoms with Crippen LogP contribution >= 0.6 is 22.9 Å². The van der Waals surface area contributed by atoms with Gasteiger partial charge in [0.05, 0.1) is 4.88 Å². The summed E-state index contributed by atoms with van der Waals surface area (Å²) >= 11 is 7.81. The first-order chi connectivity index (χ1) is 7.36. The molecule has 0 saturated heterocycles. The van der Waals surface area contributed by atoms with E-state index in [1.54, 1.807) is 22.0 Å². The number of hydrogen-bond donors (Lipinski definition) is 0. The Morgan fingerprint density at radius 2 is 2.20 bits per heavy atom. The summed E-state index contributed by atoms with van der Waals surface area (Å²) < 4.78 is 1.64. The maximum atomic E-state index is 6.19. The largest absolute Gasteiger partial charge is 0.224 e. The molecule has 3 aromatic rings. The van der Waals surface area contributed by atoms with E-state index in [4.69, 9.17) is 11.6 Å². The van der Waals surface area contributed by atoms with Crippen LogP contribution in [0.2, 0.25) is 5.15 Å². The van der Waals surface area contributed by atoms with Gasteiger partial charge in [-0.25, -0.2) is 9.50 Å². The van der Waals surface area contributed by atoms with Gasteiger partial charge in [0, 0.05) is 6.20 Å². The molecular weight excluding hydrogens is 230 g/mol. The molecule has 0 bridgehead atoms. The average molecular weight is 236 g/mol. The molecule has 0 radical (unpaired) electrons. The van der Waals surface area contributed by atoms with E-state index in [1.165, 1.54) is 0 Å². The van der Waals surface area contributed by atoms with E-state index < -0.39 is 0 Å². The zero-order valence-corrected chi connectivity index (χ0v) is 9.16. The minimum atomic E-state index is 0.563. The van der Waals surface area contributed by atoms with Gasteiger partial charge >= 0.3 is 0 Å². The predicted octanol–water partition coefficient (Wildman–Crippen LogP) is 3.11. The van der Waals surface area contributed by atoms with Crippen molar-refractivity contribution in [1.82, 2.24) is 14.6 Å². The number of rotatable bonds is 1. The first-order valence-corrected chi connectivity index (χ1v) is 5.65. The molecule has 0 amide bonds. The van der Waals surface area contributed by atoms with Crippen LogP contribution in [0.4, 0.5) is 0 Å². The van der Waals surface area contributed by atoms with Crippen LogP contribution in [0.25, 0.3) is 16.2 Å². The highest BCUT2D eigenvalue weighted by molar-refractivity contribution is 7.13. The van der Waals surface area contributed by atoms with Crippen LogP contribution in [0.1, 0.15) is 0 Å². The smallest absolute Gasteiger partial charge is 0.160 e. The third-order valence-corrected chi connectivity index (χ3v) is 3.31. The Hall–Kier alpha value is -1.39. The first-order valence-electron chi connectivity index (χ1n) is 4.39. The summed E-state index contributed by atoms with van der Waals surface area (Å²) in [7, 11) is 0. The molecule has 0 aromatic carbocycles. The molecule has 0 atom stereocenters. The molecule has 3 heterocycles. The van der Waals surface area contributed by atoms with Crippen LogP contribution in [-0.2, 0) is 0 Å². The fourth-order valence-corrected chi connectivity index (χ4v) is 2.48. The monoisotopic (exact) mass is 235 g/mol. The van der Waals surface area contributed by atoms with Crippen molar-refractivity contribution in [3.05, 3.63) is 41.0 Å². The number of aromatic nitrogens is 3. The van der Waals surface area contributed by atoms with Crippen molar-refractivity contribution in [2.45, 2.75) is 0 Å². The molecule has 3 rings (SSSR count). The van der Waals surface area contributed by atoms with Crippen LogP contribution in [0.5, 0.6) is 0 Å². The van der Waals surface area contributed by atoms with Crippen LogP contribution in [0.15, 0.2) is 35.8 Å². The summed E-state index contributed by atoms with van der Waals surface area (Å²) in [5.74, 6) is 0. The minimum Gasteiger partial charge on any atom is -0.224 e. The van der Waals surface area contributed by atoms with Crippen LogP contribution in [0.3, 0.4) is 0 Å². The SMILES string of the molecule is Clc1c(-c2cccs2)nc2cccnn12. The molecular formula is C10H6ClN3S. The Bertz CT molecular complexity index is 600. The predicted molar refractivity (Wildman–Crippen MR) is 61.3 cm³/mol. The summed E-state index contributed by atoms with van der Waals surface area (Å²) in [6.45, 7) is 0. The fourth-order valence-electron chi connectivity index (χ4n) is 1.43. The van der Waals surface area contributed by atoms with Crippen molar-refractivity contribution in [3.63, 3.8) is 0 Å². The van der Waals surface area contributed by atoms with E-state index in [1.807, 2.05) is 29.6 Å². The molecule has 0 spiro atoms. The van der Waals surface area contributed by atoms with E-state index >= 15 is 0 Å². The standard InChI is InChI=1S/C10H6ClN3S/c11-10-9(7-3-2-6-15-7)13-8-4-1-5-12-14(8)10/h1-6H. The van der Waals surface area contributed by atoms with Gasteiger partial charge in [0.15, 0.2) is 10.8 Å². The normalized spacial score (nSPS) is 11.0. The number of hydrogen-bond acceptors (Lipinski definition) is 3. The third kappa shape index (κ3) is 1.33. The fraction of sp³-hybridized carbons (Fsp3) is 0. The maximum Gasteiger partial charge on any atom is 0.160 e. The van der Waals surface area contributed by atoms with Gasteiger partial charge in [-0.05, 0) is 23.6 Å². The summed E-state index contributed by atoms with van der Waals surface area (Å²) in [4.78, 5) is 5.49. The first kappa shape index (κ1) is 8.88. The molecule has 0 aliphatic rings. The van der Waals surface area contributed by atoms with Crippen molar-refractivity contribution < 1.29 is 0 Å². The van der Waals surface area contributed by atoms with Gasteiger partial charge in [-0.1, -0.05) is 17.7 Å². The topological polar surface area (TPSA) is 30.2 Å². The van der Waals surface area contributed by atoms with Gasteiger partial charge in [-0.2, -0.15) is 5.10 Å². The zero-order chi connectivity index (χ0) is 10.3. The van der Waals surface area contributed by atoms with Gasteiger partial charge in [-0.3, -0.25) is 0 Å². The van der Waals surface area contributed by atoms with Crippen molar-refractivity contribution in [2.24, 2.45) is 0 Å².